The predicted octanol–water partition coefficient (Wildman–Crippen LogP) is 4.83. The lowest BCUT2D eigenvalue weighted by molar-refractivity contribution is 0.309. The number of rotatable bonds is 3. The Balaban J connectivity index is 1.75. The van der Waals surface area contributed by atoms with Crippen molar-refractivity contribution in [3.63, 3.8) is 0 Å². The molecule has 2 atom stereocenters. The Kier molecular flexibility index (Phi) is 4.67. The predicted molar refractivity (Wildman–Crippen MR) is 86.2 cm³/mol. The average Bonchev–Trinajstić information content (AvgIpc) is 2.90. The third kappa shape index (κ3) is 3.20. The van der Waals surface area contributed by atoms with Gasteiger partial charge in [-0.05, 0) is 50.7 Å². The van der Waals surface area contributed by atoms with Crippen molar-refractivity contribution in [3.8, 4) is 5.75 Å². The molecule has 20 heavy (non-hydrogen) atoms. The highest BCUT2D eigenvalue weighted by molar-refractivity contribution is 9.10. The summed E-state index contributed by atoms with van der Waals surface area (Å²) < 4.78 is 6.99. The molecule has 1 fully saturated rings. The van der Waals surface area contributed by atoms with Crippen LogP contribution in [-0.4, -0.2) is 12.6 Å². The van der Waals surface area contributed by atoms with Crippen molar-refractivity contribution in [2.24, 2.45) is 5.92 Å². The molecule has 0 bridgehead atoms. The minimum Gasteiger partial charge on any atom is -0.493 e. The van der Waals surface area contributed by atoms with Gasteiger partial charge in [0, 0.05) is 22.1 Å². The van der Waals surface area contributed by atoms with Gasteiger partial charge < -0.3 is 10.1 Å². The molecule has 2 nitrogen and oxygen atoms in total. The van der Waals surface area contributed by atoms with Crippen LogP contribution in [0.25, 0.3) is 0 Å². The fraction of sp³-hybridized carbons (Fsp3) is 0.647. The lowest BCUT2D eigenvalue weighted by atomic mass is 9.95. The van der Waals surface area contributed by atoms with Gasteiger partial charge in [0.25, 0.3) is 0 Å². The topological polar surface area (TPSA) is 21.3 Å². The van der Waals surface area contributed by atoms with Crippen molar-refractivity contribution in [2.45, 2.75) is 57.5 Å². The Morgan fingerprint density at radius 2 is 2.00 bits per heavy atom. The first-order valence-electron chi connectivity index (χ1n) is 7.92. The third-order valence-electron chi connectivity index (χ3n) is 4.82. The zero-order valence-corrected chi connectivity index (χ0v) is 13.8. The van der Waals surface area contributed by atoms with Crippen LogP contribution in [0.1, 0.15) is 57.1 Å². The van der Waals surface area contributed by atoms with Crippen LogP contribution in [0.4, 0.5) is 0 Å². The zero-order chi connectivity index (χ0) is 13.9. The van der Waals surface area contributed by atoms with E-state index in [0.29, 0.717) is 12.1 Å². The highest BCUT2D eigenvalue weighted by atomic mass is 79.9. The molecule has 0 radical (unpaired) electrons. The highest BCUT2D eigenvalue weighted by Gasteiger charge is 2.26. The Hall–Kier alpha value is -0.540. The fourth-order valence-electron chi connectivity index (χ4n) is 3.63. The Morgan fingerprint density at radius 1 is 1.20 bits per heavy atom. The summed E-state index contributed by atoms with van der Waals surface area (Å²) in [5.74, 6) is 1.91. The van der Waals surface area contributed by atoms with Crippen molar-refractivity contribution in [3.05, 3.63) is 28.2 Å². The van der Waals surface area contributed by atoms with Crippen LogP contribution >= 0.6 is 15.9 Å². The van der Waals surface area contributed by atoms with E-state index in [4.69, 9.17) is 4.74 Å². The zero-order valence-electron chi connectivity index (χ0n) is 12.2. The van der Waals surface area contributed by atoms with E-state index in [9.17, 15) is 0 Å². The number of fused-ring (bicyclic) bond motifs is 1. The van der Waals surface area contributed by atoms with E-state index in [1.165, 1.54) is 37.7 Å². The van der Waals surface area contributed by atoms with Crippen LogP contribution in [0, 0.1) is 5.92 Å². The molecular weight excluding hydrogens is 314 g/mol. The summed E-state index contributed by atoms with van der Waals surface area (Å²) in [7, 11) is 0. The maximum atomic E-state index is 5.90. The van der Waals surface area contributed by atoms with E-state index < -0.39 is 0 Å². The molecule has 0 amide bonds. The molecule has 0 saturated heterocycles. The molecule has 3 rings (SSSR count). The lowest BCUT2D eigenvalue weighted by Gasteiger charge is -2.27. The van der Waals surface area contributed by atoms with E-state index in [1.54, 1.807) is 0 Å². The van der Waals surface area contributed by atoms with E-state index >= 15 is 0 Å². The summed E-state index contributed by atoms with van der Waals surface area (Å²) in [6, 6.07) is 7.50. The molecule has 1 N–H and O–H groups in total. The fourth-order valence-corrected chi connectivity index (χ4v) is 3.97. The summed E-state index contributed by atoms with van der Waals surface area (Å²) in [5.41, 5.74) is 1.33. The molecule has 1 aromatic rings. The molecule has 3 heteroatoms. The Morgan fingerprint density at radius 3 is 2.80 bits per heavy atom. The first kappa shape index (κ1) is 14.4. The summed E-state index contributed by atoms with van der Waals surface area (Å²) in [4.78, 5) is 0. The van der Waals surface area contributed by atoms with Crippen LogP contribution in [0.5, 0.6) is 5.75 Å². The first-order chi connectivity index (χ1) is 9.74. The molecule has 1 aromatic carbocycles. The van der Waals surface area contributed by atoms with E-state index in [1.807, 2.05) is 0 Å². The Bertz CT molecular complexity index is 456. The van der Waals surface area contributed by atoms with Gasteiger partial charge >= 0.3 is 0 Å². The average molecular weight is 338 g/mol. The Labute approximate surface area is 130 Å². The second-order valence-electron chi connectivity index (χ2n) is 6.23. The van der Waals surface area contributed by atoms with E-state index in [2.05, 4.69) is 46.4 Å². The van der Waals surface area contributed by atoms with Gasteiger partial charge in [-0.25, -0.2) is 0 Å². The largest absolute Gasteiger partial charge is 0.493 e. The monoisotopic (exact) mass is 337 g/mol. The van der Waals surface area contributed by atoms with Crippen molar-refractivity contribution in [2.75, 3.05) is 6.61 Å². The van der Waals surface area contributed by atoms with Gasteiger partial charge in [-0.3, -0.25) is 0 Å². The number of halogens is 1. The maximum absolute atomic E-state index is 5.90. The van der Waals surface area contributed by atoms with Crippen LogP contribution in [0.15, 0.2) is 22.7 Å². The molecule has 1 saturated carbocycles. The van der Waals surface area contributed by atoms with Crippen LogP contribution in [0.2, 0.25) is 0 Å². The normalized spacial score (nSPS) is 24.8. The highest BCUT2D eigenvalue weighted by Crippen LogP contribution is 2.35. The molecule has 0 spiro atoms. The third-order valence-corrected chi connectivity index (χ3v) is 5.31. The minimum absolute atomic E-state index is 0.441. The van der Waals surface area contributed by atoms with Gasteiger partial charge in [-0.2, -0.15) is 0 Å². The van der Waals surface area contributed by atoms with Crippen molar-refractivity contribution >= 4 is 15.9 Å². The van der Waals surface area contributed by atoms with Gasteiger partial charge in [0.15, 0.2) is 0 Å². The van der Waals surface area contributed by atoms with E-state index in [0.717, 1.165) is 29.2 Å². The molecule has 2 aliphatic rings. The number of hydrogen-bond acceptors (Lipinski definition) is 2. The smallest absolute Gasteiger partial charge is 0.125 e. The molecule has 1 heterocycles. The van der Waals surface area contributed by atoms with Gasteiger partial charge in [0.2, 0.25) is 0 Å². The summed E-state index contributed by atoms with van der Waals surface area (Å²) >= 11 is 3.54. The number of hydrogen-bond donors (Lipinski definition) is 1. The second-order valence-corrected chi connectivity index (χ2v) is 7.14. The van der Waals surface area contributed by atoms with Crippen LogP contribution in [0.3, 0.4) is 0 Å². The molecule has 1 aliphatic carbocycles. The standard InChI is InChI=1S/C17H24BrNO/c1-12(13-5-2-3-6-13)19-16-7-4-10-20-17-11-14(18)8-9-15(16)17/h8-9,11-13,16,19H,2-7,10H2,1H3/t12-,16?/m1/s1. The van der Waals surface area contributed by atoms with Crippen LogP contribution in [-0.2, 0) is 0 Å². The molecular formula is C17H24BrNO. The van der Waals surface area contributed by atoms with Crippen molar-refractivity contribution in [1.29, 1.82) is 0 Å². The second kappa shape index (κ2) is 6.48. The van der Waals surface area contributed by atoms with Gasteiger partial charge in [0.05, 0.1) is 6.61 Å². The van der Waals surface area contributed by atoms with Crippen molar-refractivity contribution < 1.29 is 4.74 Å². The summed E-state index contributed by atoms with van der Waals surface area (Å²) in [5, 5.41) is 3.88. The number of benzene rings is 1. The first-order valence-corrected chi connectivity index (χ1v) is 8.71. The van der Waals surface area contributed by atoms with Gasteiger partial charge in [-0.1, -0.05) is 34.8 Å². The lowest BCUT2D eigenvalue weighted by Crippen LogP contribution is -2.35. The minimum atomic E-state index is 0.441. The van der Waals surface area contributed by atoms with Crippen molar-refractivity contribution in [1.82, 2.24) is 5.32 Å². The van der Waals surface area contributed by atoms with Gasteiger partial charge in [-0.15, -0.1) is 0 Å². The molecule has 1 unspecified atom stereocenters. The molecule has 0 aromatic heterocycles. The quantitative estimate of drug-likeness (QED) is 0.852. The SMILES string of the molecule is C[C@@H](NC1CCCOc2cc(Br)ccc21)C1CCCC1. The molecule has 110 valence electrons. The number of nitrogens with one attached hydrogen (secondary N) is 1. The van der Waals surface area contributed by atoms with Crippen LogP contribution < -0.4 is 10.1 Å². The number of ether oxygens (including phenoxy) is 1. The van der Waals surface area contributed by atoms with E-state index in [-0.39, 0.29) is 0 Å². The summed E-state index contributed by atoms with van der Waals surface area (Å²) in [6.45, 7) is 3.19. The summed E-state index contributed by atoms with van der Waals surface area (Å²) in [6.07, 6.45) is 7.91. The maximum Gasteiger partial charge on any atom is 0.125 e. The van der Waals surface area contributed by atoms with Gasteiger partial charge in [0.1, 0.15) is 5.75 Å². The molecule has 1 aliphatic heterocycles.